The van der Waals surface area contributed by atoms with Crippen LogP contribution in [0, 0.1) is 0 Å². The van der Waals surface area contributed by atoms with Gasteiger partial charge in [0.25, 0.3) is 5.56 Å². The lowest BCUT2D eigenvalue weighted by Gasteiger charge is -2.06. The number of carbonyl (C=O) groups is 1. The van der Waals surface area contributed by atoms with Crippen LogP contribution in [0.25, 0.3) is 0 Å². The van der Waals surface area contributed by atoms with E-state index in [2.05, 4.69) is 15.6 Å². The lowest BCUT2D eigenvalue weighted by atomic mass is 10.5. The van der Waals surface area contributed by atoms with Gasteiger partial charge in [-0.05, 0) is 13.8 Å². The summed E-state index contributed by atoms with van der Waals surface area (Å²) in [6, 6.07) is 0. The van der Waals surface area contributed by atoms with E-state index >= 15 is 0 Å². The Morgan fingerprint density at radius 3 is 2.88 bits per heavy atom. The molecule has 0 aromatic carbocycles. The van der Waals surface area contributed by atoms with Gasteiger partial charge >= 0.3 is 0 Å². The lowest BCUT2D eigenvalue weighted by Crippen LogP contribution is -2.32. The molecular weight excluding hydrogens is 208 g/mol. The molecule has 0 aliphatic heterocycles. The van der Waals surface area contributed by atoms with Crippen molar-refractivity contribution in [2.24, 2.45) is 0 Å². The summed E-state index contributed by atoms with van der Waals surface area (Å²) in [6.07, 6.45) is 3.14. The standard InChI is InChI=1S/C10H16N4O2/c1-3-11-8(15)7-13-9-10(16)14(4-2)6-5-12-9/h5-6H,3-4,7H2,1-2H3,(H,11,15)(H,12,13). The molecule has 0 unspecified atom stereocenters. The van der Waals surface area contributed by atoms with E-state index in [0.717, 1.165) is 0 Å². The quantitative estimate of drug-likeness (QED) is 0.727. The summed E-state index contributed by atoms with van der Waals surface area (Å²) in [5.74, 6) is 0.0474. The van der Waals surface area contributed by atoms with Crippen LogP contribution >= 0.6 is 0 Å². The third-order valence-corrected chi connectivity index (χ3v) is 2.04. The highest BCUT2D eigenvalue weighted by atomic mass is 16.2. The van der Waals surface area contributed by atoms with Gasteiger partial charge in [0, 0.05) is 25.5 Å². The fourth-order valence-electron chi connectivity index (χ4n) is 1.24. The van der Waals surface area contributed by atoms with Crippen molar-refractivity contribution >= 4 is 11.7 Å². The number of amides is 1. The Morgan fingerprint density at radius 1 is 1.50 bits per heavy atom. The summed E-state index contributed by atoms with van der Waals surface area (Å²) >= 11 is 0. The zero-order chi connectivity index (χ0) is 12.0. The van der Waals surface area contributed by atoms with Crippen molar-refractivity contribution in [2.75, 3.05) is 18.4 Å². The van der Waals surface area contributed by atoms with Crippen LogP contribution in [0.1, 0.15) is 13.8 Å². The predicted octanol–water partition coefficient (Wildman–Crippen LogP) is -0.189. The second-order valence-electron chi connectivity index (χ2n) is 3.17. The highest BCUT2D eigenvalue weighted by Crippen LogP contribution is 1.91. The number of likely N-dealkylation sites (N-methyl/N-ethyl adjacent to an activating group) is 1. The van der Waals surface area contributed by atoms with Crippen LogP contribution in [0.15, 0.2) is 17.2 Å². The highest BCUT2D eigenvalue weighted by Gasteiger charge is 2.05. The molecule has 0 aliphatic carbocycles. The van der Waals surface area contributed by atoms with E-state index in [1.165, 1.54) is 10.8 Å². The number of hydrogen-bond donors (Lipinski definition) is 2. The van der Waals surface area contributed by atoms with Gasteiger partial charge < -0.3 is 15.2 Å². The van der Waals surface area contributed by atoms with Crippen LogP contribution < -0.4 is 16.2 Å². The molecule has 1 aromatic heterocycles. The first-order chi connectivity index (χ1) is 7.69. The van der Waals surface area contributed by atoms with Gasteiger partial charge in [-0.15, -0.1) is 0 Å². The Hall–Kier alpha value is -1.85. The van der Waals surface area contributed by atoms with E-state index < -0.39 is 0 Å². The first-order valence-corrected chi connectivity index (χ1v) is 5.25. The number of anilines is 1. The Kier molecular flexibility index (Phi) is 4.50. The first kappa shape index (κ1) is 12.2. The fraction of sp³-hybridized carbons (Fsp3) is 0.500. The normalized spacial score (nSPS) is 9.88. The highest BCUT2D eigenvalue weighted by molar-refractivity contribution is 5.80. The largest absolute Gasteiger partial charge is 0.356 e. The molecule has 1 amide bonds. The van der Waals surface area contributed by atoms with E-state index in [4.69, 9.17) is 0 Å². The molecule has 1 rings (SSSR count). The van der Waals surface area contributed by atoms with Crippen LogP contribution in [0.5, 0.6) is 0 Å². The van der Waals surface area contributed by atoms with Crippen LogP contribution in [0.3, 0.4) is 0 Å². The minimum atomic E-state index is -0.214. The maximum Gasteiger partial charge on any atom is 0.293 e. The minimum Gasteiger partial charge on any atom is -0.356 e. The van der Waals surface area contributed by atoms with Gasteiger partial charge in [-0.2, -0.15) is 0 Å². The molecule has 0 saturated carbocycles. The van der Waals surface area contributed by atoms with Crippen molar-refractivity contribution in [3.63, 3.8) is 0 Å². The molecule has 16 heavy (non-hydrogen) atoms. The number of rotatable bonds is 5. The van der Waals surface area contributed by atoms with Gasteiger partial charge in [0.1, 0.15) is 0 Å². The van der Waals surface area contributed by atoms with Crippen LogP contribution in [-0.2, 0) is 11.3 Å². The van der Waals surface area contributed by atoms with Crippen LogP contribution in [0.2, 0.25) is 0 Å². The van der Waals surface area contributed by atoms with Crippen molar-refractivity contribution in [2.45, 2.75) is 20.4 Å². The van der Waals surface area contributed by atoms with Crippen molar-refractivity contribution in [3.8, 4) is 0 Å². The summed E-state index contributed by atoms with van der Waals surface area (Å²) in [4.78, 5) is 26.7. The monoisotopic (exact) mass is 224 g/mol. The van der Waals surface area contributed by atoms with Crippen LogP contribution in [-0.4, -0.2) is 28.5 Å². The molecule has 0 atom stereocenters. The summed E-state index contributed by atoms with van der Waals surface area (Å²) in [6.45, 7) is 4.92. The van der Waals surface area contributed by atoms with E-state index in [9.17, 15) is 9.59 Å². The minimum absolute atomic E-state index is 0.0593. The molecule has 0 spiro atoms. The fourth-order valence-corrected chi connectivity index (χ4v) is 1.24. The molecule has 0 bridgehead atoms. The molecule has 1 aromatic rings. The zero-order valence-electron chi connectivity index (χ0n) is 9.49. The van der Waals surface area contributed by atoms with Crippen molar-refractivity contribution in [1.29, 1.82) is 0 Å². The number of hydrogen-bond acceptors (Lipinski definition) is 4. The Bertz CT molecular complexity index is 414. The summed E-state index contributed by atoms with van der Waals surface area (Å²) in [5.41, 5.74) is -0.214. The smallest absolute Gasteiger partial charge is 0.293 e. The molecule has 0 radical (unpaired) electrons. The summed E-state index contributed by atoms with van der Waals surface area (Å²) in [7, 11) is 0. The molecule has 1 heterocycles. The lowest BCUT2D eigenvalue weighted by molar-refractivity contribution is -0.119. The average Bonchev–Trinajstić information content (AvgIpc) is 2.28. The predicted molar refractivity (Wildman–Crippen MR) is 61.3 cm³/mol. The third kappa shape index (κ3) is 3.08. The molecule has 2 N–H and O–H groups in total. The topological polar surface area (TPSA) is 76.0 Å². The Labute approximate surface area is 93.7 Å². The Morgan fingerprint density at radius 2 is 2.25 bits per heavy atom. The Balaban J connectivity index is 2.67. The van der Waals surface area contributed by atoms with E-state index in [1.54, 1.807) is 6.20 Å². The van der Waals surface area contributed by atoms with E-state index in [-0.39, 0.29) is 23.8 Å². The number of nitrogens with zero attached hydrogens (tertiary/aromatic N) is 2. The number of aryl methyl sites for hydroxylation is 1. The van der Waals surface area contributed by atoms with Crippen LogP contribution in [0.4, 0.5) is 5.82 Å². The van der Waals surface area contributed by atoms with Gasteiger partial charge in [-0.1, -0.05) is 0 Å². The average molecular weight is 224 g/mol. The number of nitrogens with one attached hydrogen (secondary N) is 2. The maximum absolute atomic E-state index is 11.7. The number of carbonyl (C=O) groups excluding carboxylic acids is 1. The molecule has 6 nitrogen and oxygen atoms in total. The second kappa shape index (κ2) is 5.89. The molecule has 0 fully saturated rings. The first-order valence-electron chi connectivity index (χ1n) is 5.25. The molecule has 0 saturated heterocycles. The van der Waals surface area contributed by atoms with Gasteiger partial charge in [0.15, 0.2) is 5.82 Å². The summed E-state index contributed by atoms with van der Waals surface area (Å²) < 4.78 is 1.52. The molecular formula is C10H16N4O2. The molecule has 0 aliphatic rings. The van der Waals surface area contributed by atoms with Gasteiger partial charge in [0.05, 0.1) is 6.54 Å². The van der Waals surface area contributed by atoms with Crippen molar-refractivity contribution < 1.29 is 4.79 Å². The second-order valence-corrected chi connectivity index (χ2v) is 3.17. The molecule has 88 valence electrons. The van der Waals surface area contributed by atoms with Crippen molar-refractivity contribution in [3.05, 3.63) is 22.7 Å². The summed E-state index contributed by atoms with van der Waals surface area (Å²) in [5, 5.41) is 5.34. The van der Waals surface area contributed by atoms with Gasteiger partial charge in [0.2, 0.25) is 5.91 Å². The van der Waals surface area contributed by atoms with Gasteiger partial charge in [-0.25, -0.2) is 4.98 Å². The van der Waals surface area contributed by atoms with Gasteiger partial charge in [-0.3, -0.25) is 9.59 Å². The van der Waals surface area contributed by atoms with E-state index in [1.807, 2.05) is 13.8 Å². The zero-order valence-corrected chi connectivity index (χ0v) is 9.49. The number of aromatic nitrogens is 2. The van der Waals surface area contributed by atoms with Crippen molar-refractivity contribution in [1.82, 2.24) is 14.9 Å². The SMILES string of the molecule is CCNC(=O)CNc1nccn(CC)c1=O. The van der Waals surface area contributed by atoms with E-state index in [0.29, 0.717) is 13.1 Å². The maximum atomic E-state index is 11.7. The molecule has 6 heteroatoms. The third-order valence-electron chi connectivity index (χ3n) is 2.04.